The number of ether oxygens (including phenoxy) is 1. The molecule has 98 valence electrons. The molecule has 3 rings (SSSR count). The van der Waals surface area contributed by atoms with E-state index in [-0.39, 0.29) is 0 Å². The van der Waals surface area contributed by atoms with E-state index in [4.69, 9.17) is 4.74 Å². The molecule has 19 heavy (non-hydrogen) atoms. The largest absolute Gasteiger partial charge is 0.497 e. The number of methoxy groups -OCH3 is 1. The highest BCUT2D eigenvalue weighted by Gasteiger charge is 2.06. The molecule has 2 aromatic heterocycles. The molecule has 0 saturated heterocycles. The molecule has 0 aliphatic heterocycles. The van der Waals surface area contributed by atoms with E-state index in [1.165, 1.54) is 0 Å². The topological polar surface area (TPSA) is 52.0 Å². The standard InChI is InChI=1S/C13H14N4OS/c1-17-6-5-14-12(17)8-15-13-16-10-4-3-9(18-2)7-11(10)19-13/h3-7H,8H2,1-2H3,(H,15,16). The van der Waals surface area contributed by atoms with Gasteiger partial charge in [0.25, 0.3) is 0 Å². The Morgan fingerprint density at radius 2 is 2.32 bits per heavy atom. The van der Waals surface area contributed by atoms with Crippen LogP contribution in [0.2, 0.25) is 0 Å². The molecular formula is C13H14N4OS. The second-order valence-electron chi connectivity index (χ2n) is 4.16. The van der Waals surface area contributed by atoms with E-state index in [0.29, 0.717) is 6.54 Å². The SMILES string of the molecule is COc1ccc2nc(NCc3nccn3C)sc2c1. The van der Waals surface area contributed by atoms with Crippen molar-refractivity contribution in [3.63, 3.8) is 0 Å². The lowest BCUT2D eigenvalue weighted by Gasteiger charge is -2.01. The number of rotatable bonds is 4. The van der Waals surface area contributed by atoms with Gasteiger partial charge in [-0.1, -0.05) is 11.3 Å². The minimum atomic E-state index is 0.667. The summed E-state index contributed by atoms with van der Waals surface area (Å²) in [5.74, 6) is 1.84. The number of nitrogens with one attached hydrogen (secondary N) is 1. The van der Waals surface area contributed by atoms with Gasteiger partial charge in [0.2, 0.25) is 0 Å². The maximum absolute atomic E-state index is 5.21. The lowest BCUT2D eigenvalue weighted by molar-refractivity contribution is 0.415. The number of imidazole rings is 1. The zero-order chi connectivity index (χ0) is 13.2. The first-order valence-corrected chi connectivity index (χ1v) is 6.72. The second-order valence-corrected chi connectivity index (χ2v) is 5.19. The van der Waals surface area contributed by atoms with Crippen LogP contribution in [0.1, 0.15) is 5.82 Å². The third kappa shape index (κ3) is 2.39. The van der Waals surface area contributed by atoms with Crippen LogP contribution in [0.15, 0.2) is 30.6 Å². The van der Waals surface area contributed by atoms with Crippen molar-refractivity contribution >= 4 is 26.7 Å². The molecule has 0 aliphatic carbocycles. The molecule has 6 heteroatoms. The molecule has 2 heterocycles. The summed E-state index contributed by atoms with van der Waals surface area (Å²) < 4.78 is 8.31. The molecule has 5 nitrogen and oxygen atoms in total. The fourth-order valence-corrected chi connectivity index (χ4v) is 2.72. The van der Waals surface area contributed by atoms with Crippen molar-refractivity contribution in [3.05, 3.63) is 36.4 Å². The maximum atomic E-state index is 5.21. The zero-order valence-electron chi connectivity index (χ0n) is 10.8. The van der Waals surface area contributed by atoms with Crippen LogP contribution < -0.4 is 10.1 Å². The highest BCUT2D eigenvalue weighted by molar-refractivity contribution is 7.22. The Balaban J connectivity index is 1.80. The van der Waals surface area contributed by atoms with Crippen molar-refractivity contribution < 1.29 is 4.74 Å². The first-order valence-electron chi connectivity index (χ1n) is 5.91. The smallest absolute Gasteiger partial charge is 0.184 e. The highest BCUT2D eigenvalue weighted by Crippen LogP contribution is 2.29. The van der Waals surface area contributed by atoms with Crippen molar-refractivity contribution in [2.75, 3.05) is 12.4 Å². The first kappa shape index (κ1) is 12.0. The molecule has 0 atom stereocenters. The first-order chi connectivity index (χ1) is 9.26. The van der Waals surface area contributed by atoms with Gasteiger partial charge in [0.15, 0.2) is 5.13 Å². The minimum absolute atomic E-state index is 0.667. The fraction of sp³-hybridized carbons (Fsp3) is 0.231. The van der Waals surface area contributed by atoms with E-state index >= 15 is 0 Å². The number of aromatic nitrogens is 3. The minimum Gasteiger partial charge on any atom is -0.497 e. The average Bonchev–Trinajstić information content (AvgIpc) is 3.01. The normalized spacial score (nSPS) is 10.8. The van der Waals surface area contributed by atoms with Crippen molar-refractivity contribution in [1.29, 1.82) is 0 Å². The van der Waals surface area contributed by atoms with Crippen molar-refractivity contribution in [2.24, 2.45) is 7.05 Å². The van der Waals surface area contributed by atoms with Gasteiger partial charge in [-0.15, -0.1) is 0 Å². The molecular weight excluding hydrogens is 260 g/mol. The van der Waals surface area contributed by atoms with E-state index in [2.05, 4.69) is 15.3 Å². The van der Waals surface area contributed by atoms with Gasteiger partial charge in [-0.2, -0.15) is 0 Å². The van der Waals surface area contributed by atoms with E-state index in [0.717, 1.165) is 26.9 Å². The van der Waals surface area contributed by atoms with Crippen LogP contribution in [0.4, 0.5) is 5.13 Å². The van der Waals surface area contributed by atoms with E-state index in [9.17, 15) is 0 Å². The van der Waals surface area contributed by atoms with Crippen LogP contribution in [-0.4, -0.2) is 21.6 Å². The molecule has 0 amide bonds. The Morgan fingerprint density at radius 3 is 3.05 bits per heavy atom. The number of benzene rings is 1. The summed E-state index contributed by atoms with van der Waals surface area (Å²) >= 11 is 1.62. The summed E-state index contributed by atoms with van der Waals surface area (Å²) in [5.41, 5.74) is 0.980. The second kappa shape index (κ2) is 4.89. The van der Waals surface area contributed by atoms with Gasteiger partial charge in [0.1, 0.15) is 11.6 Å². The predicted molar refractivity (Wildman–Crippen MR) is 76.7 cm³/mol. The van der Waals surface area contributed by atoms with E-state index in [1.54, 1.807) is 24.6 Å². The Morgan fingerprint density at radius 1 is 1.42 bits per heavy atom. The number of aryl methyl sites for hydroxylation is 1. The van der Waals surface area contributed by atoms with Crippen LogP contribution in [0.3, 0.4) is 0 Å². The lowest BCUT2D eigenvalue weighted by Crippen LogP contribution is -2.05. The van der Waals surface area contributed by atoms with Gasteiger partial charge >= 0.3 is 0 Å². The Kier molecular flexibility index (Phi) is 3.08. The summed E-state index contributed by atoms with van der Waals surface area (Å²) in [6.07, 6.45) is 3.72. The van der Waals surface area contributed by atoms with Gasteiger partial charge < -0.3 is 14.6 Å². The van der Waals surface area contributed by atoms with Crippen LogP contribution in [0, 0.1) is 0 Å². The summed E-state index contributed by atoms with van der Waals surface area (Å²) in [5, 5.41) is 4.19. The van der Waals surface area contributed by atoms with E-state index < -0.39 is 0 Å². The summed E-state index contributed by atoms with van der Waals surface area (Å²) in [6.45, 7) is 0.667. The van der Waals surface area contributed by atoms with Crippen LogP contribution in [0.5, 0.6) is 5.75 Å². The molecule has 0 radical (unpaired) electrons. The number of nitrogens with zero attached hydrogens (tertiary/aromatic N) is 3. The number of fused-ring (bicyclic) bond motifs is 1. The molecule has 0 saturated carbocycles. The molecule has 0 fully saturated rings. The van der Waals surface area contributed by atoms with Gasteiger partial charge in [-0.3, -0.25) is 0 Å². The Labute approximate surface area is 114 Å². The monoisotopic (exact) mass is 274 g/mol. The summed E-state index contributed by atoms with van der Waals surface area (Å²) in [6, 6.07) is 5.89. The molecule has 1 aromatic carbocycles. The summed E-state index contributed by atoms with van der Waals surface area (Å²) in [4.78, 5) is 8.80. The molecule has 0 unspecified atom stereocenters. The zero-order valence-corrected chi connectivity index (χ0v) is 11.6. The van der Waals surface area contributed by atoms with Crippen molar-refractivity contribution in [1.82, 2.24) is 14.5 Å². The van der Waals surface area contributed by atoms with Crippen LogP contribution >= 0.6 is 11.3 Å². The molecule has 0 spiro atoms. The quantitative estimate of drug-likeness (QED) is 0.794. The lowest BCUT2D eigenvalue weighted by atomic mass is 10.3. The van der Waals surface area contributed by atoms with Crippen molar-refractivity contribution in [2.45, 2.75) is 6.54 Å². The van der Waals surface area contributed by atoms with Gasteiger partial charge in [0, 0.05) is 19.4 Å². The third-order valence-corrected chi connectivity index (χ3v) is 3.89. The molecule has 3 aromatic rings. The van der Waals surface area contributed by atoms with Crippen molar-refractivity contribution in [3.8, 4) is 5.75 Å². The van der Waals surface area contributed by atoms with Gasteiger partial charge in [-0.05, 0) is 18.2 Å². The predicted octanol–water partition coefficient (Wildman–Crippen LogP) is 2.65. The fourth-order valence-electron chi connectivity index (χ4n) is 1.83. The Bertz CT molecular complexity index is 704. The highest BCUT2D eigenvalue weighted by atomic mass is 32.1. The number of hydrogen-bond donors (Lipinski definition) is 1. The number of anilines is 1. The molecule has 0 bridgehead atoms. The van der Waals surface area contributed by atoms with Crippen LogP contribution in [-0.2, 0) is 13.6 Å². The van der Waals surface area contributed by atoms with Gasteiger partial charge in [0.05, 0.1) is 23.9 Å². The Hall–Kier alpha value is -2.08. The van der Waals surface area contributed by atoms with E-state index in [1.807, 2.05) is 36.0 Å². The number of thiazole rings is 1. The number of hydrogen-bond acceptors (Lipinski definition) is 5. The maximum Gasteiger partial charge on any atom is 0.184 e. The third-order valence-electron chi connectivity index (χ3n) is 2.91. The summed E-state index contributed by atoms with van der Waals surface area (Å²) in [7, 11) is 3.65. The molecule has 0 aliphatic rings. The average molecular weight is 274 g/mol. The van der Waals surface area contributed by atoms with Crippen LogP contribution in [0.25, 0.3) is 10.2 Å². The van der Waals surface area contributed by atoms with Gasteiger partial charge in [-0.25, -0.2) is 9.97 Å². The molecule has 1 N–H and O–H groups in total.